The third-order valence-electron chi connectivity index (χ3n) is 3.04. The molecule has 3 heteroatoms. The van der Waals surface area contributed by atoms with Crippen molar-refractivity contribution >= 4 is 5.69 Å². The molecule has 1 unspecified atom stereocenters. The lowest BCUT2D eigenvalue weighted by atomic mass is 10.0. The zero-order chi connectivity index (χ0) is 14.0. The summed E-state index contributed by atoms with van der Waals surface area (Å²) in [5, 5.41) is 3.01. The van der Waals surface area contributed by atoms with Gasteiger partial charge in [-0.25, -0.2) is 8.78 Å². The molecule has 2 aromatic carbocycles. The molecular formula is C16H17F2N. The zero-order valence-electron chi connectivity index (χ0n) is 11.3. The molecule has 2 rings (SSSR count). The Balaban J connectivity index is 2.25. The lowest BCUT2D eigenvalue weighted by Gasteiger charge is -2.17. The van der Waals surface area contributed by atoms with Gasteiger partial charge in [0.25, 0.3) is 0 Å². The second-order valence-corrected chi connectivity index (χ2v) is 4.91. The summed E-state index contributed by atoms with van der Waals surface area (Å²) in [5.74, 6) is -0.894. The molecule has 0 amide bonds. The van der Waals surface area contributed by atoms with Crippen LogP contribution in [0.15, 0.2) is 36.4 Å². The molecule has 2 aromatic rings. The first-order valence-corrected chi connectivity index (χ1v) is 6.25. The van der Waals surface area contributed by atoms with Crippen LogP contribution in [0.4, 0.5) is 14.5 Å². The summed E-state index contributed by atoms with van der Waals surface area (Å²) in [6.07, 6.45) is 0. The fourth-order valence-corrected chi connectivity index (χ4v) is 2.18. The van der Waals surface area contributed by atoms with Gasteiger partial charge in [-0.05, 0) is 44.5 Å². The highest BCUT2D eigenvalue weighted by molar-refractivity contribution is 5.47. The first-order chi connectivity index (χ1) is 8.95. The van der Waals surface area contributed by atoms with Crippen molar-refractivity contribution in [3.8, 4) is 0 Å². The molecule has 0 bridgehead atoms. The number of rotatable bonds is 3. The minimum absolute atomic E-state index is 0.0881. The Morgan fingerprint density at radius 3 is 2.21 bits per heavy atom. The SMILES string of the molecule is Cc1cc(C)cc(C(C)Nc2cc(F)ccc2F)c1. The smallest absolute Gasteiger partial charge is 0.146 e. The van der Waals surface area contributed by atoms with E-state index in [4.69, 9.17) is 0 Å². The Hall–Kier alpha value is -1.90. The van der Waals surface area contributed by atoms with Crippen LogP contribution in [0.2, 0.25) is 0 Å². The van der Waals surface area contributed by atoms with E-state index in [9.17, 15) is 8.78 Å². The normalized spacial score (nSPS) is 12.3. The molecule has 0 spiro atoms. The van der Waals surface area contributed by atoms with E-state index in [0.29, 0.717) is 0 Å². The van der Waals surface area contributed by atoms with Crippen LogP contribution in [-0.2, 0) is 0 Å². The maximum atomic E-state index is 13.6. The molecule has 0 saturated heterocycles. The fourth-order valence-electron chi connectivity index (χ4n) is 2.18. The van der Waals surface area contributed by atoms with Gasteiger partial charge in [-0.15, -0.1) is 0 Å². The fraction of sp³-hybridized carbons (Fsp3) is 0.250. The Morgan fingerprint density at radius 2 is 1.58 bits per heavy atom. The van der Waals surface area contributed by atoms with E-state index in [-0.39, 0.29) is 11.7 Å². The number of benzene rings is 2. The maximum Gasteiger partial charge on any atom is 0.146 e. The van der Waals surface area contributed by atoms with E-state index < -0.39 is 11.6 Å². The van der Waals surface area contributed by atoms with Gasteiger partial charge in [0, 0.05) is 6.04 Å². The van der Waals surface area contributed by atoms with E-state index in [1.54, 1.807) is 0 Å². The predicted octanol–water partition coefficient (Wildman–Crippen LogP) is 4.75. The third kappa shape index (κ3) is 3.31. The average Bonchev–Trinajstić information content (AvgIpc) is 2.32. The summed E-state index contributed by atoms with van der Waals surface area (Å²) in [4.78, 5) is 0. The van der Waals surface area contributed by atoms with Crippen LogP contribution in [0.25, 0.3) is 0 Å². The van der Waals surface area contributed by atoms with Gasteiger partial charge in [0.15, 0.2) is 0 Å². The minimum atomic E-state index is -0.448. The summed E-state index contributed by atoms with van der Waals surface area (Å²) in [7, 11) is 0. The highest BCUT2D eigenvalue weighted by atomic mass is 19.1. The quantitative estimate of drug-likeness (QED) is 0.840. The molecule has 0 heterocycles. The molecule has 0 fully saturated rings. The highest BCUT2D eigenvalue weighted by Gasteiger charge is 2.10. The lowest BCUT2D eigenvalue weighted by Crippen LogP contribution is -2.08. The van der Waals surface area contributed by atoms with Gasteiger partial charge < -0.3 is 5.32 Å². The van der Waals surface area contributed by atoms with Crippen molar-refractivity contribution in [1.82, 2.24) is 0 Å². The molecule has 0 aromatic heterocycles. The molecule has 0 aliphatic rings. The number of aryl methyl sites for hydroxylation is 2. The number of anilines is 1. The van der Waals surface area contributed by atoms with Crippen LogP contribution in [0, 0.1) is 25.5 Å². The molecule has 0 aliphatic carbocycles. The summed E-state index contributed by atoms with van der Waals surface area (Å²) < 4.78 is 26.7. The molecule has 1 atom stereocenters. The molecule has 0 aliphatic heterocycles. The summed E-state index contributed by atoms with van der Waals surface area (Å²) in [5.41, 5.74) is 3.56. The largest absolute Gasteiger partial charge is 0.376 e. The van der Waals surface area contributed by atoms with Crippen molar-refractivity contribution in [2.75, 3.05) is 5.32 Å². The van der Waals surface area contributed by atoms with E-state index in [0.717, 1.165) is 28.8 Å². The Morgan fingerprint density at radius 1 is 0.947 bits per heavy atom. The van der Waals surface area contributed by atoms with Crippen molar-refractivity contribution < 1.29 is 8.78 Å². The molecule has 0 saturated carbocycles. The monoisotopic (exact) mass is 261 g/mol. The van der Waals surface area contributed by atoms with Gasteiger partial charge in [-0.1, -0.05) is 29.3 Å². The first kappa shape index (κ1) is 13.5. The molecular weight excluding hydrogens is 244 g/mol. The van der Waals surface area contributed by atoms with Gasteiger partial charge in [-0.2, -0.15) is 0 Å². The van der Waals surface area contributed by atoms with Crippen molar-refractivity contribution in [2.45, 2.75) is 26.8 Å². The Kier molecular flexibility index (Phi) is 3.84. The second kappa shape index (κ2) is 5.39. The van der Waals surface area contributed by atoms with Crippen molar-refractivity contribution in [2.24, 2.45) is 0 Å². The third-order valence-corrected chi connectivity index (χ3v) is 3.04. The number of hydrogen-bond donors (Lipinski definition) is 1. The van der Waals surface area contributed by atoms with Crippen molar-refractivity contribution in [1.29, 1.82) is 0 Å². The zero-order valence-corrected chi connectivity index (χ0v) is 11.3. The van der Waals surface area contributed by atoms with Gasteiger partial charge in [0.1, 0.15) is 11.6 Å². The van der Waals surface area contributed by atoms with E-state index in [1.165, 1.54) is 6.07 Å². The van der Waals surface area contributed by atoms with Crippen LogP contribution < -0.4 is 5.32 Å². The van der Waals surface area contributed by atoms with E-state index in [1.807, 2.05) is 32.9 Å². The van der Waals surface area contributed by atoms with E-state index in [2.05, 4.69) is 11.4 Å². The van der Waals surface area contributed by atoms with Crippen LogP contribution in [0.5, 0.6) is 0 Å². The lowest BCUT2D eigenvalue weighted by molar-refractivity contribution is 0.600. The first-order valence-electron chi connectivity index (χ1n) is 6.25. The predicted molar refractivity (Wildman–Crippen MR) is 74.3 cm³/mol. The average molecular weight is 261 g/mol. The molecule has 1 N–H and O–H groups in total. The van der Waals surface area contributed by atoms with Gasteiger partial charge in [0.2, 0.25) is 0 Å². The molecule has 0 radical (unpaired) electrons. The summed E-state index contributed by atoms with van der Waals surface area (Å²) >= 11 is 0. The second-order valence-electron chi connectivity index (χ2n) is 4.91. The van der Waals surface area contributed by atoms with Crippen molar-refractivity contribution in [3.05, 3.63) is 64.7 Å². The van der Waals surface area contributed by atoms with Gasteiger partial charge in [0.05, 0.1) is 5.69 Å². The summed E-state index contributed by atoms with van der Waals surface area (Å²) in [6, 6.07) is 9.50. The van der Waals surface area contributed by atoms with Gasteiger partial charge >= 0.3 is 0 Å². The maximum absolute atomic E-state index is 13.6. The Labute approximate surface area is 112 Å². The van der Waals surface area contributed by atoms with Crippen LogP contribution in [0.1, 0.15) is 29.7 Å². The number of halogens is 2. The van der Waals surface area contributed by atoms with Crippen LogP contribution in [-0.4, -0.2) is 0 Å². The van der Waals surface area contributed by atoms with Gasteiger partial charge in [-0.3, -0.25) is 0 Å². The minimum Gasteiger partial charge on any atom is -0.376 e. The van der Waals surface area contributed by atoms with E-state index >= 15 is 0 Å². The summed E-state index contributed by atoms with van der Waals surface area (Å²) in [6.45, 7) is 5.97. The van der Waals surface area contributed by atoms with Crippen LogP contribution >= 0.6 is 0 Å². The standard InChI is InChI=1S/C16H17F2N/c1-10-6-11(2)8-13(7-10)12(3)19-16-9-14(17)4-5-15(16)18/h4-9,12,19H,1-3H3. The number of nitrogens with one attached hydrogen (secondary N) is 1. The molecule has 100 valence electrons. The van der Waals surface area contributed by atoms with Crippen molar-refractivity contribution in [3.63, 3.8) is 0 Å². The topological polar surface area (TPSA) is 12.0 Å². The Bertz CT molecular complexity index is 573. The van der Waals surface area contributed by atoms with Crippen LogP contribution in [0.3, 0.4) is 0 Å². The molecule has 1 nitrogen and oxygen atoms in total. The molecule has 19 heavy (non-hydrogen) atoms. The highest BCUT2D eigenvalue weighted by Crippen LogP contribution is 2.23. The number of hydrogen-bond acceptors (Lipinski definition) is 1.